The Kier molecular flexibility index (Phi) is 2.42. The molecule has 1 aromatic carbocycles. The summed E-state index contributed by atoms with van der Waals surface area (Å²) in [5.74, 6) is 0.0271. The van der Waals surface area contributed by atoms with E-state index in [1.54, 1.807) is 0 Å². The molecular weight excluding hydrogens is 216 g/mol. The molecule has 0 unspecified atom stereocenters. The molecule has 0 atom stereocenters. The van der Waals surface area contributed by atoms with Crippen LogP contribution in [0.3, 0.4) is 0 Å². The van der Waals surface area contributed by atoms with E-state index in [-0.39, 0.29) is 11.4 Å². The number of carbonyl (C=O) groups excluding carboxylic acids is 1. The van der Waals surface area contributed by atoms with Crippen LogP contribution in [0.15, 0.2) is 24.3 Å². The van der Waals surface area contributed by atoms with Gasteiger partial charge in [0.2, 0.25) is 0 Å². The van der Waals surface area contributed by atoms with E-state index < -0.39 is 0 Å². The molecule has 4 nitrogen and oxygen atoms in total. The lowest BCUT2D eigenvalue weighted by Gasteiger charge is -2.19. The average molecular weight is 232 g/mol. The summed E-state index contributed by atoms with van der Waals surface area (Å²) in [6.45, 7) is 0.473. The van der Waals surface area contributed by atoms with Gasteiger partial charge in [0.15, 0.2) is 0 Å². The summed E-state index contributed by atoms with van der Waals surface area (Å²) in [6, 6.07) is 7.84. The molecule has 0 bridgehead atoms. The number of nitrogens with zero attached hydrogens (tertiary/aromatic N) is 1. The molecule has 1 aromatic rings. The summed E-state index contributed by atoms with van der Waals surface area (Å²) in [5.41, 5.74) is 8.03. The molecule has 2 aliphatic rings. The summed E-state index contributed by atoms with van der Waals surface area (Å²) >= 11 is 0. The number of amides is 1. The largest absolute Gasteiger partial charge is 0.325 e. The minimum absolute atomic E-state index is 0.0271. The van der Waals surface area contributed by atoms with E-state index in [1.807, 2.05) is 24.3 Å². The number of rotatable bonds is 3. The lowest BCUT2D eigenvalue weighted by molar-refractivity contribution is -0.119. The van der Waals surface area contributed by atoms with Crippen LogP contribution in [0.4, 0.5) is 5.69 Å². The Morgan fingerprint density at radius 1 is 1.35 bits per heavy atom. The molecule has 1 aliphatic heterocycles. The van der Waals surface area contributed by atoms with Gasteiger partial charge in [-0.15, -0.1) is 0 Å². The average Bonchev–Trinajstić information content (AvgIpc) is 2.88. The highest BCUT2D eigenvalue weighted by atomic mass is 16.7. The molecule has 0 aromatic heterocycles. The predicted octanol–water partition coefficient (Wildman–Crippen LogP) is 1.39. The molecule has 1 heterocycles. The van der Waals surface area contributed by atoms with E-state index in [0.29, 0.717) is 13.0 Å². The number of para-hydroxylation sites is 1. The molecule has 1 aliphatic carbocycles. The first kappa shape index (κ1) is 10.7. The highest BCUT2D eigenvalue weighted by Gasteiger charge is 2.39. The van der Waals surface area contributed by atoms with Gasteiger partial charge in [-0.05, 0) is 30.9 Å². The van der Waals surface area contributed by atoms with Crippen molar-refractivity contribution in [1.29, 1.82) is 0 Å². The Morgan fingerprint density at radius 2 is 2.12 bits per heavy atom. The highest BCUT2D eigenvalue weighted by Crippen LogP contribution is 2.38. The van der Waals surface area contributed by atoms with E-state index in [1.165, 1.54) is 5.06 Å². The zero-order chi connectivity index (χ0) is 11.9. The van der Waals surface area contributed by atoms with Crippen LogP contribution in [-0.2, 0) is 16.1 Å². The fourth-order valence-corrected chi connectivity index (χ4v) is 2.18. The van der Waals surface area contributed by atoms with E-state index in [4.69, 9.17) is 10.6 Å². The van der Waals surface area contributed by atoms with Crippen LogP contribution in [0.1, 0.15) is 24.8 Å². The lowest BCUT2D eigenvalue weighted by Crippen LogP contribution is -2.28. The van der Waals surface area contributed by atoms with E-state index in [0.717, 1.165) is 30.5 Å². The fourth-order valence-electron chi connectivity index (χ4n) is 2.18. The van der Waals surface area contributed by atoms with E-state index in [9.17, 15) is 4.79 Å². The molecule has 1 amide bonds. The van der Waals surface area contributed by atoms with Gasteiger partial charge in [0.1, 0.15) is 0 Å². The van der Waals surface area contributed by atoms with Gasteiger partial charge in [-0.25, -0.2) is 0 Å². The Morgan fingerprint density at radius 3 is 2.76 bits per heavy atom. The van der Waals surface area contributed by atoms with Crippen molar-refractivity contribution in [3.05, 3.63) is 29.8 Å². The standard InChI is InChI=1S/C13H16N2O2/c14-13(6-7-13)9-10-3-1-2-4-11(10)15-12(16)5-8-17-15/h1-4H,5-9,14H2. The summed E-state index contributed by atoms with van der Waals surface area (Å²) in [6.07, 6.45) is 3.41. The van der Waals surface area contributed by atoms with Crippen LogP contribution in [0.5, 0.6) is 0 Å². The third-order valence-corrected chi connectivity index (χ3v) is 3.41. The Bertz CT molecular complexity index is 454. The summed E-state index contributed by atoms with van der Waals surface area (Å²) < 4.78 is 0. The topological polar surface area (TPSA) is 55.6 Å². The van der Waals surface area contributed by atoms with Crippen molar-refractivity contribution in [2.45, 2.75) is 31.2 Å². The van der Waals surface area contributed by atoms with Crippen LogP contribution in [-0.4, -0.2) is 18.1 Å². The predicted molar refractivity (Wildman–Crippen MR) is 64.4 cm³/mol. The molecule has 0 radical (unpaired) electrons. The minimum Gasteiger partial charge on any atom is -0.325 e. The van der Waals surface area contributed by atoms with Crippen molar-refractivity contribution < 1.29 is 9.63 Å². The maximum absolute atomic E-state index is 11.7. The van der Waals surface area contributed by atoms with Crippen LogP contribution >= 0.6 is 0 Å². The number of nitrogens with two attached hydrogens (primary N) is 1. The number of carbonyl (C=O) groups is 1. The smallest absolute Gasteiger partial charge is 0.253 e. The van der Waals surface area contributed by atoms with Crippen molar-refractivity contribution in [2.75, 3.05) is 11.7 Å². The summed E-state index contributed by atoms with van der Waals surface area (Å²) in [4.78, 5) is 17.0. The van der Waals surface area contributed by atoms with Gasteiger partial charge in [-0.2, -0.15) is 5.06 Å². The maximum Gasteiger partial charge on any atom is 0.253 e. The number of hydrogen-bond donors (Lipinski definition) is 1. The van der Waals surface area contributed by atoms with Crippen molar-refractivity contribution in [2.24, 2.45) is 5.73 Å². The van der Waals surface area contributed by atoms with Crippen LogP contribution in [0, 0.1) is 0 Å². The van der Waals surface area contributed by atoms with Gasteiger partial charge in [0.05, 0.1) is 18.7 Å². The van der Waals surface area contributed by atoms with E-state index >= 15 is 0 Å². The molecule has 0 spiro atoms. The normalized spacial score (nSPS) is 21.9. The number of hydrogen-bond acceptors (Lipinski definition) is 3. The second kappa shape index (κ2) is 3.82. The quantitative estimate of drug-likeness (QED) is 0.856. The van der Waals surface area contributed by atoms with Crippen molar-refractivity contribution >= 4 is 11.6 Å². The van der Waals surface area contributed by atoms with Crippen molar-refractivity contribution in [3.8, 4) is 0 Å². The van der Waals surface area contributed by atoms with Gasteiger partial charge >= 0.3 is 0 Å². The first-order valence-electron chi connectivity index (χ1n) is 6.01. The van der Waals surface area contributed by atoms with Crippen molar-refractivity contribution in [3.63, 3.8) is 0 Å². The minimum atomic E-state index is -0.0567. The molecule has 2 N–H and O–H groups in total. The van der Waals surface area contributed by atoms with Gasteiger partial charge in [0.25, 0.3) is 5.91 Å². The van der Waals surface area contributed by atoms with Crippen LogP contribution < -0.4 is 10.8 Å². The monoisotopic (exact) mass is 232 g/mol. The second-order valence-corrected chi connectivity index (χ2v) is 4.94. The Balaban J connectivity index is 1.90. The summed E-state index contributed by atoms with van der Waals surface area (Å²) in [5, 5.41) is 1.42. The maximum atomic E-state index is 11.7. The zero-order valence-electron chi connectivity index (χ0n) is 9.69. The van der Waals surface area contributed by atoms with Crippen molar-refractivity contribution in [1.82, 2.24) is 0 Å². The number of anilines is 1. The van der Waals surface area contributed by atoms with E-state index in [2.05, 4.69) is 0 Å². The molecule has 4 heteroatoms. The molecule has 17 heavy (non-hydrogen) atoms. The van der Waals surface area contributed by atoms with Crippen LogP contribution in [0.25, 0.3) is 0 Å². The Hall–Kier alpha value is -1.39. The first-order valence-corrected chi connectivity index (χ1v) is 6.01. The molecule has 90 valence electrons. The molecule has 1 saturated carbocycles. The molecular formula is C13H16N2O2. The third-order valence-electron chi connectivity index (χ3n) is 3.41. The molecule has 3 rings (SSSR count). The SMILES string of the molecule is NC1(Cc2ccccc2N2OCCC2=O)CC1. The number of benzene rings is 1. The first-order chi connectivity index (χ1) is 8.18. The zero-order valence-corrected chi connectivity index (χ0v) is 9.69. The molecule has 1 saturated heterocycles. The second-order valence-electron chi connectivity index (χ2n) is 4.94. The van der Waals surface area contributed by atoms with Gasteiger partial charge in [-0.3, -0.25) is 9.63 Å². The Labute approximate surface area is 100 Å². The highest BCUT2D eigenvalue weighted by molar-refractivity contribution is 5.93. The summed E-state index contributed by atoms with van der Waals surface area (Å²) in [7, 11) is 0. The van der Waals surface area contributed by atoms with Gasteiger partial charge in [0, 0.05) is 5.54 Å². The van der Waals surface area contributed by atoms with Gasteiger partial charge < -0.3 is 5.73 Å². The number of hydroxylamine groups is 1. The third kappa shape index (κ3) is 2.06. The van der Waals surface area contributed by atoms with Gasteiger partial charge in [-0.1, -0.05) is 18.2 Å². The lowest BCUT2D eigenvalue weighted by atomic mass is 10.0. The fraction of sp³-hybridized carbons (Fsp3) is 0.462. The molecule has 2 fully saturated rings. The van der Waals surface area contributed by atoms with Crippen LogP contribution in [0.2, 0.25) is 0 Å².